The summed E-state index contributed by atoms with van der Waals surface area (Å²) in [5, 5.41) is 2.47. The summed E-state index contributed by atoms with van der Waals surface area (Å²) < 4.78 is 19.0. The molecule has 0 atom stereocenters. The van der Waals surface area contributed by atoms with Gasteiger partial charge in [0.1, 0.15) is 0 Å². The van der Waals surface area contributed by atoms with E-state index in [1.165, 1.54) is 21.8 Å². The molecule has 1 heterocycles. The van der Waals surface area contributed by atoms with Crippen LogP contribution < -0.4 is 0 Å². The van der Waals surface area contributed by atoms with Crippen LogP contribution in [-0.4, -0.2) is 34.7 Å². The van der Waals surface area contributed by atoms with Gasteiger partial charge < -0.3 is 17.8 Å². The molecule has 2 aromatic carbocycles. The van der Waals surface area contributed by atoms with Crippen LogP contribution in [-0.2, 0) is 19.4 Å². The van der Waals surface area contributed by atoms with Crippen LogP contribution in [0.1, 0.15) is 0 Å². The van der Waals surface area contributed by atoms with Gasteiger partial charge in [0.2, 0.25) is 0 Å². The number of hydrogen-bond donors (Lipinski definition) is 0. The lowest BCUT2D eigenvalue weighted by atomic mass is 10.2. The van der Waals surface area contributed by atoms with Gasteiger partial charge in [0.05, 0.1) is 6.17 Å². The minimum atomic E-state index is -2.69. The summed E-state index contributed by atoms with van der Waals surface area (Å²) >= 11 is 0. The lowest BCUT2D eigenvalue weighted by Gasteiger charge is -2.25. The average molecular weight is 301 g/mol. The van der Waals surface area contributed by atoms with Crippen molar-refractivity contribution < 1.29 is 13.3 Å². The van der Waals surface area contributed by atoms with Crippen molar-refractivity contribution in [2.75, 3.05) is 21.3 Å². The quantitative estimate of drug-likeness (QED) is 0.678. The van der Waals surface area contributed by atoms with Crippen LogP contribution in [0.15, 0.2) is 48.5 Å². The van der Waals surface area contributed by atoms with Gasteiger partial charge in [-0.15, -0.1) is 0 Å². The van der Waals surface area contributed by atoms with Crippen molar-refractivity contribution in [1.82, 2.24) is 4.57 Å². The van der Waals surface area contributed by atoms with Gasteiger partial charge >= 0.3 is 8.80 Å². The van der Waals surface area contributed by atoms with Crippen LogP contribution in [0, 0.1) is 0 Å². The Labute approximate surface area is 125 Å². The van der Waals surface area contributed by atoms with Crippen molar-refractivity contribution >= 4 is 30.6 Å². The van der Waals surface area contributed by atoms with Crippen molar-refractivity contribution in [2.45, 2.75) is 6.17 Å². The van der Waals surface area contributed by atoms with Gasteiger partial charge in [-0.2, -0.15) is 0 Å². The first-order valence-electron chi connectivity index (χ1n) is 6.86. The molecule has 21 heavy (non-hydrogen) atoms. The first-order valence-corrected chi connectivity index (χ1v) is 8.79. The summed E-state index contributed by atoms with van der Waals surface area (Å²) in [6, 6.07) is 16.7. The summed E-state index contributed by atoms with van der Waals surface area (Å²) in [4.78, 5) is 0. The van der Waals surface area contributed by atoms with E-state index in [1.54, 1.807) is 21.3 Å². The number of hydrogen-bond acceptors (Lipinski definition) is 3. The first-order chi connectivity index (χ1) is 10.2. The molecule has 110 valence electrons. The van der Waals surface area contributed by atoms with Gasteiger partial charge in [0.25, 0.3) is 0 Å². The Balaban J connectivity index is 2.24. The fraction of sp³-hybridized carbons (Fsp3) is 0.250. The van der Waals surface area contributed by atoms with E-state index in [2.05, 4.69) is 41.0 Å². The van der Waals surface area contributed by atoms with Crippen molar-refractivity contribution in [3.63, 3.8) is 0 Å². The molecule has 0 aliphatic rings. The van der Waals surface area contributed by atoms with E-state index in [1.807, 2.05) is 12.1 Å². The van der Waals surface area contributed by atoms with E-state index in [4.69, 9.17) is 13.3 Å². The van der Waals surface area contributed by atoms with E-state index < -0.39 is 8.80 Å². The maximum atomic E-state index is 5.58. The molecule has 0 saturated carbocycles. The molecule has 0 aliphatic heterocycles. The van der Waals surface area contributed by atoms with Crippen LogP contribution in [0.5, 0.6) is 0 Å². The Morgan fingerprint density at radius 3 is 1.62 bits per heavy atom. The first kappa shape index (κ1) is 14.3. The van der Waals surface area contributed by atoms with E-state index in [9.17, 15) is 0 Å². The zero-order valence-corrected chi connectivity index (χ0v) is 13.5. The fourth-order valence-corrected chi connectivity index (χ4v) is 4.43. The Morgan fingerprint density at radius 2 is 1.19 bits per heavy atom. The number of rotatable bonds is 5. The smallest absolute Gasteiger partial charge is 0.376 e. The predicted octanol–water partition coefficient (Wildman–Crippen LogP) is 3.21. The second-order valence-electron chi connectivity index (χ2n) is 4.92. The van der Waals surface area contributed by atoms with E-state index in [0.29, 0.717) is 6.17 Å². The summed E-state index contributed by atoms with van der Waals surface area (Å²) in [5.74, 6) is 0. The van der Waals surface area contributed by atoms with Crippen LogP contribution in [0.4, 0.5) is 0 Å². The van der Waals surface area contributed by atoms with Crippen LogP contribution >= 0.6 is 0 Å². The second-order valence-corrected chi connectivity index (χ2v) is 7.82. The number of fused-ring (bicyclic) bond motifs is 3. The third-order valence-electron chi connectivity index (χ3n) is 3.96. The third-order valence-corrected chi connectivity index (χ3v) is 6.53. The van der Waals surface area contributed by atoms with Crippen LogP contribution in [0.3, 0.4) is 0 Å². The molecule has 0 saturated heterocycles. The normalized spacial score (nSPS) is 12.3. The molecule has 3 rings (SSSR count). The standard InChI is InChI=1S/C16H19NO3Si/c1-18-21(19-2,20-3)12-17-15-10-6-4-8-13(15)14-9-5-7-11-16(14)17/h4-11H,12H2,1-3H3. The fourth-order valence-electron chi connectivity index (χ4n) is 2.81. The number of para-hydroxylation sites is 2. The molecule has 3 aromatic rings. The largest absolute Gasteiger partial charge is 0.521 e. The molecular formula is C16H19NO3Si. The van der Waals surface area contributed by atoms with Gasteiger partial charge in [0, 0.05) is 43.1 Å². The molecule has 4 nitrogen and oxygen atoms in total. The van der Waals surface area contributed by atoms with Gasteiger partial charge in [-0.1, -0.05) is 36.4 Å². The summed E-state index contributed by atoms with van der Waals surface area (Å²) in [6.07, 6.45) is 0.588. The van der Waals surface area contributed by atoms with Crippen molar-refractivity contribution in [3.8, 4) is 0 Å². The second kappa shape index (κ2) is 5.61. The van der Waals surface area contributed by atoms with Gasteiger partial charge in [-0.3, -0.25) is 0 Å². The zero-order valence-electron chi connectivity index (χ0n) is 12.5. The van der Waals surface area contributed by atoms with E-state index in [-0.39, 0.29) is 0 Å². The van der Waals surface area contributed by atoms with Crippen molar-refractivity contribution in [3.05, 3.63) is 48.5 Å². The van der Waals surface area contributed by atoms with Gasteiger partial charge in [0.15, 0.2) is 0 Å². The molecule has 0 spiro atoms. The molecule has 0 amide bonds. The maximum Gasteiger partial charge on any atom is 0.521 e. The average Bonchev–Trinajstić information content (AvgIpc) is 2.87. The SMILES string of the molecule is CO[Si](Cn1c2ccccc2c2ccccc21)(OC)OC. The highest BCUT2D eigenvalue weighted by atomic mass is 28.4. The van der Waals surface area contributed by atoms with Gasteiger partial charge in [-0.25, -0.2) is 0 Å². The minimum Gasteiger partial charge on any atom is -0.376 e. The number of aromatic nitrogens is 1. The predicted molar refractivity (Wildman–Crippen MR) is 86.2 cm³/mol. The highest BCUT2D eigenvalue weighted by molar-refractivity contribution is 6.59. The Hall–Kier alpha value is -1.66. The summed E-state index contributed by atoms with van der Waals surface area (Å²) in [6.45, 7) is 0. The molecule has 0 radical (unpaired) electrons. The topological polar surface area (TPSA) is 32.6 Å². The number of benzene rings is 2. The Bertz CT molecular complexity index is 703. The zero-order chi connectivity index (χ0) is 14.9. The number of nitrogens with zero attached hydrogens (tertiary/aromatic N) is 1. The molecule has 0 N–H and O–H groups in total. The molecule has 1 aromatic heterocycles. The third kappa shape index (κ3) is 2.28. The van der Waals surface area contributed by atoms with Crippen molar-refractivity contribution in [2.24, 2.45) is 0 Å². The monoisotopic (exact) mass is 301 g/mol. The lowest BCUT2D eigenvalue weighted by molar-refractivity contribution is 0.117. The molecule has 0 unspecified atom stereocenters. The van der Waals surface area contributed by atoms with Gasteiger partial charge in [-0.05, 0) is 12.1 Å². The minimum absolute atomic E-state index is 0.588. The highest BCUT2D eigenvalue weighted by Gasteiger charge is 2.39. The van der Waals surface area contributed by atoms with E-state index in [0.717, 1.165) is 0 Å². The van der Waals surface area contributed by atoms with Crippen molar-refractivity contribution in [1.29, 1.82) is 0 Å². The molecule has 0 aliphatic carbocycles. The molecular weight excluding hydrogens is 282 g/mol. The summed E-state index contributed by atoms with van der Waals surface area (Å²) in [5.41, 5.74) is 2.34. The lowest BCUT2D eigenvalue weighted by Crippen LogP contribution is -2.47. The van der Waals surface area contributed by atoms with Crippen LogP contribution in [0.2, 0.25) is 0 Å². The summed E-state index contributed by atoms with van der Waals surface area (Å²) in [7, 11) is 2.24. The maximum absolute atomic E-state index is 5.58. The molecule has 0 bridgehead atoms. The Morgan fingerprint density at radius 1 is 0.762 bits per heavy atom. The molecule has 5 heteroatoms. The highest BCUT2D eigenvalue weighted by Crippen LogP contribution is 2.29. The Kier molecular flexibility index (Phi) is 3.82. The molecule has 0 fully saturated rings. The van der Waals surface area contributed by atoms with E-state index >= 15 is 0 Å². The van der Waals surface area contributed by atoms with Crippen LogP contribution in [0.25, 0.3) is 21.8 Å².